The minimum atomic E-state index is -5.32. The van der Waals surface area contributed by atoms with Gasteiger partial charge in [0, 0.05) is 33.8 Å². The number of hydrogen-bond acceptors (Lipinski definition) is 5. The third kappa shape index (κ3) is 4.24. The molecule has 2 aromatic heterocycles. The van der Waals surface area contributed by atoms with Crippen LogP contribution in [0.4, 0.5) is 17.6 Å². The van der Waals surface area contributed by atoms with E-state index < -0.39 is 47.1 Å². The lowest BCUT2D eigenvalue weighted by Crippen LogP contribution is -2.52. The molecule has 2 atom stereocenters. The summed E-state index contributed by atoms with van der Waals surface area (Å²) in [4.78, 5) is 32.4. The number of H-pyrrole nitrogens is 1. The maximum atomic E-state index is 14.6. The van der Waals surface area contributed by atoms with Crippen molar-refractivity contribution in [2.45, 2.75) is 31.0 Å². The molecule has 5 rings (SSSR count). The van der Waals surface area contributed by atoms with E-state index in [1.807, 2.05) is 0 Å². The first kappa shape index (κ1) is 27.1. The molecule has 1 aliphatic rings. The number of hydrogen-bond donors (Lipinski definition) is 4. The molecule has 5 N–H and O–H groups in total. The molecule has 40 heavy (non-hydrogen) atoms. The van der Waals surface area contributed by atoms with E-state index in [0.717, 1.165) is 23.7 Å². The number of primary amides is 1. The molecule has 208 valence electrons. The smallest absolute Gasteiger partial charge is 0.424 e. The Morgan fingerprint density at radius 1 is 1.18 bits per heavy atom. The van der Waals surface area contributed by atoms with Crippen molar-refractivity contribution in [3.05, 3.63) is 82.9 Å². The predicted molar refractivity (Wildman–Crippen MR) is 137 cm³/mol. The van der Waals surface area contributed by atoms with Crippen LogP contribution in [-0.4, -0.2) is 46.2 Å². The predicted octanol–water partition coefficient (Wildman–Crippen LogP) is 3.99. The molecule has 2 amide bonds. The first-order valence-electron chi connectivity index (χ1n) is 12.1. The number of alkyl halides is 3. The summed E-state index contributed by atoms with van der Waals surface area (Å²) in [5.74, 6) is -2.32. The highest BCUT2D eigenvalue weighted by atomic mass is 19.4. The lowest BCUT2D eigenvalue weighted by Gasteiger charge is -2.31. The number of nitrogens with two attached hydrogens (primary N) is 1. The quantitative estimate of drug-likeness (QED) is 0.267. The number of aliphatic hydroxyl groups is 1. The Labute approximate surface area is 225 Å². The molecular formula is C28H24F4N4O4. The van der Waals surface area contributed by atoms with Gasteiger partial charge in [0.05, 0.1) is 12.2 Å². The molecule has 8 nitrogen and oxygen atoms in total. The van der Waals surface area contributed by atoms with Crippen molar-refractivity contribution >= 4 is 22.7 Å². The molecule has 0 saturated heterocycles. The van der Waals surface area contributed by atoms with Crippen LogP contribution in [0.3, 0.4) is 0 Å². The SMILES string of the molecule is Cc1c(C(=O)NCC(O)(c2cc3c(c(-c4ccc(F)cc4)n2)OC[C@]3(C)C(N)=O)C(F)(F)F)ccc2[nH]ccc12. The summed E-state index contributed by atoms with van der Waals surface area (Å²) in [5, 5.41) is 14.1. The molecule has 1 unspecified atom stereocenters. The second-order valence-electron chi connectivity index (χ2n) is 9.94. The number of rotatable bonds is 6. The van der Waals surface area contributed by atoms with E-state index in [4.69, 9.17) is 10.5 Å². The molecule has 0 bridgehead atoms. The van der Waals surface area contributed by atoms with Crippen molar-refractivity contribution in [2.24, 2.45) is 5.73 Å². The fourth-order valence-corrected chi connectivity index (χ4v) is 4.77. The van der Waals surface area contributed by atoms with Crippen LogP contribution in [0.2, 0.25) is 0 Å². The number of carbonyl (C=O) groups excluding carboxylic acids is 2. The normalized spacial score (nSPS) is 18.2. The van der Waals surface area contributed by atoms with Gasteiger partial charge in [0.1, 0.15) is 29.3 Å². The number of amides is 2. The largest absolute Gasteiger partial charge is 0.489 e. The van der Waals surface area contributed by atoms with Crippen LogP contribution in [-0.2, 0) is 15.8 Å². The van der Waals surface area contributed by atoms with Crippen molar-refractivity contribution in [1.82, 2.24) is 15.3 Å². The van der Waals surface area contributed by atoms with Gasteiger partial charge in [-0.05, 0) is 67.9 Å². The second kappa shape index (κ2) is 9.33. The van der Waals surface area contributed by atoms with Crippen molar-refractivity contribution in [1.29, 1.82) is 0 Å². The van der Waals surface area contributed by atoms with Gasteiger partial charge in [0.25, 0.3) is 5.91 Å². The molecule has 3 heterocycles. The van der Waals surface area contributed by atoms with Crippen LogP contribution in [0.5, 0.6) is 5.75 Å². The fourth-order valence-electron chi connectivity index (χ4n) is 4.77. The average molecular weight is 557 g/mol. The number of carbonyl (C=O) groups is 2. The number of aromatic nitrogens is 2. The number of aromatic amines is 1. The van der Waals surface area contributed by atoms with Gasteiger partial charge in [-0.25, -0.2) is 9.37 Å². The van der Waals surface area contributed by atoms with Gasteiger partial charge in [-0.3, -0.25) is 9.59 Å². The van der Waals surface area contributed by atoms with Crippen molar-refractivity contribution < 1.29 is 37.0 Å². The first-order chi connectivity index (χ1) is 18.8. The molecule has 0 radical (unpaired) electrons. The Morgan fingerprint density at radius 2 is 1.88 bits per heavy atom. The number of fused-ring (bicyclic) bond motifs is 2. The number of benzene rings is 2. The number of aryl methyl sites for hydroxylation is 1. The summed E-state index contributed by atoms with van der Waals surface area (Å²) in [6, 6.07) is 10.4. The molecule has 0 saturated carbocycles. The highest BCUT2D eigenvalue weighted by Gasteiger charge is 2.57. The molecule has 1 aliphatic heterocycles. The maximum Gasteiger partial charge on any atom is 0.424 e. The van der Waals surface area contributed by atoms with E-state index in [0.29, 0.717) is 10.9 Å². The van der Waals surface area contributed by atoms with Crippen molar-refractivity contribution in [3.8, 4) is 17.0 Å². The van der Waals surface area contributed by atoms with Gasteiger partial charge >= 0.3 is 6.18 Å². The molecule has 0 spiro atoms. The summed E-state index contributed by atoms with van der Waals surface area (Å²) >= 11 is 0. The van der Waals surface area contributed by atoms with Gasteiger partial charge in [0.2, 0.25) is 11.5 Å². The molecule has 0 aliphatic carbocycles. The topological polar surface area (TPSA) is 130 Å². The van der Waals surface area contributed by atoms with Crippen LogP contribution < -0.4 is 15.8 Å². The Bertz CT molecular complexity index is 1650. The fraction of sp³-hybridized carbons (Fsp3) is 0.250. The van der Waals surface area contributed by atoms with E-state index in [9.17, 15) is 32.3 Å². The zero-order valence-electron chi connectivity index (χ0n) is 21.3. The summed E-state index contributed by atoms with van der Waals surface area (Å²) < 4.78 is 62.9. The minimum Gasteiger partial charge on any atom is -0.489 e. The number of pyridine rings is 1. The van der Waals surface area contributed by atoms with E-state index >= 15 is 0 Å². The second-order valence-corrected chi connectivity index (χ2v) is 9.94. The highest BCUT2D eigenvalue weighted by molar-refractivity contribution is 6.00. The van der Waals surface area contributed by atoms with Crippen LogP contribution in [0, 0.1) is 12.7 Å². The van der Waals surface area contributed by atoms with E-state index in [1.54, 1.807) is 25.3 Å². The Kier molecular flexibility index (Phi) is 6.33. The Morgan fingerprint density at radius 3 is 2.52 bits per heavy atom. The van der Waals surface area contributed by atoms with E-state index in [2.05, 4.69) is 15.3 Å². The average Bonchev–Trinajstić information content (AvgIpc) is 3.53. The Balaban J connectivity index is 1.60. The zero-order chi connectivity index (χ0) is 29.0. The molecule has 12 heteroatoms. The number of halogens is 4. The third-order valence-corrected chi connectivity index (χ3v) is 7.38. The lowest BCUT2D eigenvalue weighted by molar-refractivity contribution is -0.265. The molecular weight excluding hydrogens is 532 g/mol. The van der Waals surface area contributed by atoms with Crippen LogP contribution in [0.15, 0.2) is 54.7 Å². The van der Waals surface area contributed by atoms with E-state index in [-0.39, 0.29) is 34.7 Å². The molecule has 0 fully saturated rings. The van der Waals surface area contributed by atoms with Crippen LogP contribution in [0.1, 0.15) is 34.1 Å². The summed E-state index contributed by atoms with van der Waals surface area (Å²) in [6.07, 6.45) is -3.65. The number of nitrogens with one attached hydrogen (secondary N) is 2. The summed E-state index contributed by atoms with van der Waals surface area (Å²) in [6.45, 7) is 1.48. The highest BCUT2D eigenvalue weighted by Crippen LogP contribution is 2.47. The van der Waals surface area contributed by atoms with Crippen LogP contribution >= 0.6 is 0 Å². The van der Waals surface area contributed by atoms with Gasteiger partial charge in [-0.2, -0.15) is 13.2 Å². The monoisotopic (exact) mass is 556 g/mol. The summed E-state index contributed by atoms with van der Waals surface area (Å²) in [7, 11) is 0. The van der Waals surface area contributed by atoms with Gasteiger partial charge in [-0.1, -0.05) is 0 Å². The standard InChI is InChI=1S/C28H24F4N4O4/c1-14-17-9-10-34-20(17)8-7-18(14)24(37)35-12-27(39,28(30,31)32)21-11-19-23(40-13-26(19,2)25(33)38)22(36-21)15-3-5-16(29)6-4-15/h3-11,34,39H,12-13H2,1-2H3,(H2,33,38)(H,35,37)/t26-,27?/m0/s1. The van der Waals surface area contributed by atoms with Gasteiger partial charge < -0.3 is 25.9 Å². The third-order valence-electron chi connectivity index (χ3n) is 7.38. The van der Waals surface area contributed by atoms with Crippen molar-refractivity contribution in [3.63, 3.8) is 0 Å². The minimum absolute atomic E-state index is 0.0133. The van der Waals surface area contributed by atoms with Crippen molar-refractivity contribution in [2.75, 3.05) is 13.2 Å². The maximum absolute atomic E-state index is 14.6. The van der Waals surface area contributed by atoms with Gasteiger partial charge in [-0.15, -0.1) is 0 Å². The molecule has 4 aromatic rings. The van der Waals surface area contributed by atoms with Gasteiger partial charge in [0.15, 0.2) is 0 Å². The first-order valence-corrected chi connectivity index (χ1v) is 12.1. The zero-order valence-corrected chi connectivity index (χ0v) is 21.3. The summed E-state index contributed by atoms with van der Waals surface area (Å²) in [5.41, 5.74) is 0.873. The van der Waals surface area contributed by atoms with E-state index in [1.165, 1.54) is 25.1 Å². The molecule has 2 aromatic carbocycles. The number of nitrogens with zero attached hydrogens (tertiary/aromatic N) is 1. The number of ether oxygens (including phenoxy) is 1. The van der Waals surface area contributed by atoms with Crippen LogP contribution in [0.25, 0.3) is 22.2 Å². The lowest BCUT2D eigenvalue weighted by atomic mass is 9.81. The Hall–Kier alpha value is -4.45.